The molecule has 0 aromatic heterocycles. The zero-order valence-corrected chi connectivity index (χ0v) is 19.8. The van der Waals surface area contributed by atoms with Crippen molar-refractivity contribution in [3.05, 3.63) is 63.9 Å². The van der Waals surface area contributed by atoms with Crippen LogP contribution in [0.2, 0.25) is 10.0 Å². The normalized spacial score (nSPS) is 23.6. The van der Waals surface area contributed by atoms with E-state index < -0.39 is 44.4 Å². The fraction of sp³-hybridized carbons (Fsp3) is 0.391. The predicted molar refractivity (Wildman–Crippen MR) is 121 cm³/mol. The summed E-state index contributed by atoms with van der Waals surface area (Å²) in [6.07, 6.45) is 0.363. The third kappa shape index (κ3) is 5.02. The zero-order chi connectivity index (χ0) is 23.8. The molecule has 0 spiro atoms. The number of hydrogen-bond donors (Lipinski definition) is 1. The lowest BCUT2D eigenvalue weighted by Gasteiger charge is -2.21. The standard InChI is InChI=1S/C23H21Cl2FN2O4S/c24-15-6-5-14(19(26)9-15)12-32-20-11-16(33(30,31)21-4-2-1-3-18(21)25)10-17(20)22(29)28-23(13-27)7-8-23/h1-6,9,16-17,20H,7-8,10-12H2,(H,28,29)/t16?,17-,20-/m1/s1. The van der Waals surface area contributed by atoms with E-state index in [1.807, 2.05) is 0 Å². The number of carbonyl (C=O) groups is 1. The molecule has 0 saturated heterocycles. The lowest BCUT2D eigenvalue weighted by atomic mass is 10.0. The number of nitrogens with one attached hydrogen (secondary N) is 1. The van der Waals surface area contributed by atoms with Crippen molar-refractivity contribution < 1.29 is 22.3 Å². The molecule has 1 unspecified atom stereocenters. The number of amides is 1. The number of nitriles is 1. The number of carbonyl (C=O) groups excluding carboxylic acids is 1. The quantitative estimate of drug-likeness (QED) is 0.593. The molecule has 2 aliphatic rings. The average molecular weight is 511 g/mol. The van der Waals surface area contributed by atoms with Gasteiger partial charge in [0.05, 0.1) is 39.9 Å². The van der Waals surface area contributed by atoms with Crippen molar-refractivity contribution in [2.24, 2.45) is 5.92 Å². The molecule has 2 aliphatic carbocycles. The van der Waals surface area contributed by atoms with E-state index in [0.29, 0.717) is 12.8 Å². The number of halogens is 3. The molecule has 4 rings (SSSR count). The van der Waals surface area contributed by atoms with Gasteiger partial charge in [0.2, 0.25) is 5.91 Å². The van der Waals surface area contributed by atoms with Crippen LogP contribution < -0.4 is 5.32 Å². The van der Waals surface area contributed by atoms with Crippen molar-refractivity contribution >= 4 is 38.9 Å². The van der Waals surface area contributed by atoms with E-state index in [0.717, 1.165) is 6.07 Å². The highest BCUT2D eigenvalue weighted by Crippen LogP contribution is 2.40. The Morgan fingerprint density at radius 2 is 1.94 bits per heavy atom. The van der Waals surface area contributed by atoms with Crippen LogP contribution in [-0.4, -0.2) is 31.2 Å². The Morgan fingerprint density at radius 3 is 2.58 bits per heavy atom. The van der Waals surface area contributed by atoms with Gasteiger partial charge in [-0.05, 0) is 49.9 Å². The second kappa shape index (κ2) is 9.22. The third-order valence-corrected chi connectivity index (χ3v) is 9.08. The van der Waals surface area contributed by atoms with Crippen LogP contribution in [0.4, 0.5) is 4.39 Å². The molecule has 0 aliphatic heterocycles. The fourth-order valence-electron chi connectivity index (χ4n) is 4.08. The Balaban J connectivity index is 1.57. The molecule has 2 aromatic carbocycles. The summed E-state index contributed by atoms with van der Waals surface area (Å²) >= 11 is 11.9. The van der Waals surface area contributed by atoms with Gasteiger partial charge in [-0.15, -0.1) is 0 Å². The molecule has 0 radical (unpaired) electrons. The molecular weight excluding hydrogens is 490 g/mol. The molecular formula is C23H21Cl2FN2O4S. The molecule has 0 heterocycles. The maximum Gasteiger partial charge on any atom is 0.227 e. The zero-order valence-electron chi connectivity index (χ0n) is 17.4. The molecule has 33 heavy (non-hydrogen) atoms. The van der Waals surface area contributed by atoms with Gasteiger partial charge < -0.3 is 10.1 Å². The topological polar surface area (TPSA) is 96.3 Å². The lowest BCUT2D eigenvalue weighted by Crippen LogP contribution is -2.42. The number of sulfone groups is 1. The molecule has 1 N–H and O–H groups in total. The summed E-state index contributed by atoms with van der Waals surface area (Å²) in [5, 5.41) is 11.5. The van der Waals surface area contributed by atoms with E-state index in [2.05, 4.69) is 11.4 Å². The van der Waals surface area contributed by atoms with Crippen LogP contribution in [0.25, 0.3) is 0 Å². The summed E-state index contributed by atoms with van der Waals surface area (Å²) in [7, 11) is -3.85. The third-order valence-electron chi connectivity index (χ3n) is 6.17. The second-order valence-electron chi connectivity index (χ2n) is 8.44. The fourth-order valence-corrected chi connectivity index (χ4v) is 6.56. The average Bonchev–Trinajstić information content (AvgIpc) is 3.40. The molecule has 2 saturated carbocycles. The van der Waals surface area contributed by atoms with Crippen LogP contribution in [0, 0.1) is 23.1 Å². The van der Waals surface area contributed by atoms with E-state index in [4.69, 9.17) is 27.9 Å². The molecule has 10 heteroatoms. The Bertz CT molecular complexity index is 1230. The smallest absolute Gasteiger partial charge is 0.227 e. The van der Waals surface area contributed by atoms with Gasteiger partial charge in [0.25, 0.3) is 0 Å². The Labute approximate surface area is 201 Å². The number of benzene rings is 2. The highest BCUT2D eigenvalue weighted by molar-refractivity contribution is 7.92. The van der Waals surface area contributed by atoms with Crippen LogP contribution >= 0.6 is 23.2 Å². The minimum absolute atomic E-state index is 0.00379. The first-order valence-corrected chi connectivity index (χ1v) is 12.7. The summed E-state index contributed by atoms with van der Waals surface area (Å²) in [4.78, 5) is 13.0. The van der Waals surface area contributed by atoms with Crippen molar-refractivity contribution in [3.63, 3.8) is 0 Å². The Morgan fingerprint density at radius 1 is 1.21 bits per heavy atom. The molecule has 3 atom stereocenters. The molecule has 1 amide bonds. The van der Waals surface area contributed by atoms with E-state index in [9.17, 15) is 22.9 Å². The molecule has 2 fully saturated rings. The van der Waals surface area contributed by atoms with Crippen LogP contribution in [0.5, 0.6) is 0 Å². The molecule has 0 bridgehead atoms. The summed E-state index contributed by atoms with van der Waals surface area (Å²) in [5.41, 5.74) is -0.657. The van der Waals surface area contributed by atoms with Crippen molar-refractivity contribution in [2.75, 3.05) is 0 Å². The summed E-state index contributed by atoms with van der Waals surface area (Å²) in [6.45, 7) is -0.153. The maximum atomic E-state index is 14.2. The van der Waals surface area contributed by atoms with Gasteiger partial charge in [0.15, 0.2) is 9.84 Å². The highest BCUT2D eigenvalue weighted by Gasteiger charge is 2.50. The van der Waals surface area contributed by atoms with E-state index in [-0.39, 0.29) is 40.0 Å². The minimum atomic E-state index is -3.85. The van der Waals surface area contributed by atoms with E-state index >= 15 is 0 Å². The number of ether oxygens (including phenoxy) is 1. The SMILES string of the molecule is N#CC1(NC(=O)[C@@H]2CC(S(=O)(=O)c3ccccc3Cl)C[C@H]2OCc2ccc(Cl)cc2F)CC1. The molecule has 174 valence electrons. The van der Waals surface area contributed by atoms with Gasteiger partial charge in [0.1, 0.15) is 11.4 Å². The van der Waals surface area contributed by atoms with Gasteiger partial charge in [-0.3, -0.25) is 4.79 Å². The van der Waals surface area contributed by atoms with Gasteiger partial charge in [-0.25, -0.2) is 12.8 Å². The molecule has 2 aromatic rings. The highest BCUT2D eigenvalue weighted by atomic mass is 35.5. The van der Waals surface area contributed by atoms with E-state index in [1.165, 1.54) is 24.3 Å². The van der Waals surface area contributed by atoms with Crippen molar-refractivity contribution in [1.29, 1.82) is 5.26 Å². The Kier molecular flexibility index (Phi) is 6.70. The van der Waals surface area contributed by atoms with Crippen LogP contribution in [0.1, 0.15) is 31.2 Å². The van der Waals surface area contributed by atoms with Crippen LogP contribution in [0.3, 0.4) is 0 Å². The number of rotatable bonds is 7. The summed E-state index contributed by atoms with van der Waals surface area (Å²) < 4.78 is 46.7. The van der Waals surface area contributed by atoms with Gasteiger partial charge in [-0.2, -0.15) is 5.26 Å². The van der Waals surface area contributed by atoms with Gasteiger partial charge in [-0.1, -0.05) is 41.4 Å². The van der Waals surface area contributed by atoms with E-state index in [1.54, 1.807) is 12.1 Å². The number of hydrogen-bond acceptors (Lipinski definition) is 5. The van der Waals surface area contributed by atoms with Crippen molar-refractivity contribution in [2.45, 2.75) is 54.1 Å². The largest absolute Gasteiger partial charge is 0.373 e. The lowest BCUT2D eigenvalue weighted by molar-refractivity contribution is -0.130. The first kappa shape index (κ1) is 24.0. The predicted octanol–water partition coefficient (Wildman–Crippen LogP) is 4.44. The van der Waals surface area contributed by atoms with Gasteiger partial charge in [0, 0.05) is 10.6 Å². The Hall–Kier alpha value is -2.18. The second-order valence-corrected chi connectivity index (χ2v) is 11.5. The monoisotopic (exact) mass is 510 g/mol. The maximum absolute atomic E-state index is 14.2. The van der Waals surface area contributed by atoms with Gasteiger partial charge >= 0.3 is 0 Å². The van der Waals surface area contributed by atoms with Crippen LogP contribution in [-0.2, 0) is 26.0 Å². The van der Waals surface area contributed by atoms with Crippen molar-refractivity contribution in [1.82, 2.24) is 5.32 Å². The summed E-state index contributed by atoms with van der Waals surface area (Å²) in [6, 6.07) is 12.4. The molecule has 6 nitrogen and oxygen atoms in total. The minimum Gasteiger partial charge on any atom is -0.373 e. The number of nitrogens with zero attached hydrogens (tertiary/aromatic N) is 1. The first-order chi connectivity index (χ1) is 15.6. The van der Waals surface area contributed by atoms with Crippen LogP contribution in [0.15, 0.2) is 47.4 Å². The first-order valence-electron chi connectivity index (χ1n) is 10.4. The van der Waals surface area contributed by atoms with Crippen molar-refractivity contribution in [3.8, 4) is 6.07 Å². The summed E-state index contributed by atoms with van der Waals surface area (Å²) in [5.74, 6) is -1.80.